The fourth-order valence-electron chi connectivity index (χ4n) is 1.10. The third kappa shape index (κ3) is 1.62. The Kier molecular flexibility index (Phi) is 2.35. The largest absolute Gasteiger partial charge is 0.508 e. The van der Waals surface area contributed by atoms with Crippen molar-refractivity contribution >= 4 is 11.7 Å². The van der Waals surface area contributed by atoms with Crippen LogP contribution in [0.2, 0.25) is 0 Å². The fraction of sp³-hybridized carbons (Fsp3) is 0.222. The van der Waals surface area contributed by atoms with Crippen molar-refractivity contribution in [2.75, 3.05) is 5.73 Å². The summed E-state index contributed by atoms with van der Waals surface area (Å²) in [5.74, 6) is -1.42. The summed E-state index contributed by atoms with van der Waals surface area (Å²) < 4.78 is 0. The van der Waals surface area contributed by atoms with Gasteiger partial charge in [0.1, 0.15) is 11.3 Å². The molecule has 0 saturated carbocycles. The van der Waals surface area contributed by atoms with Crippen molar-refractivity contribution in [2.45, 2.75) is 12.5 Å². The molecule has 0 spiro atoms. The van der Waals surface area contributed by atoms with E-state index in [4.69, 9.17) is 16.6 Å². The Morgan fingerprint density at radius 1 is 1.50 bits per heavy atom. The molecule has 1 aromatic carbocycles. The summed E-state index contributed by atoms with van der Waals surface area (Å²) in [6, 6.07) is 4.16. The number of hydrogen-bond acceptors (Lipinski definition) is 4. The molecular formula is C9H12N2O3. The van der Waals surface area contributed by atoms with Gasteiger partial charge in [0, 0.05) is 17.3 Å². The molecule has 0 radical (unpaired) electrons. The Balaban J connectivity index is 3.26. The molecule has 0 aliphatic carbocycles. The van der Waals surface area contributed by atoms with Crippen LogP contribution < -0.4 is 11.5 Å². The zero-order valence-corrected chi connectivity index (χ0v) is 7.69. The first-order valence-electron chi connectivity index (χ1n) is 3.97. The highest BCUT2D eigenvalue weighted by Gasteiger charge is 2.32. The highest BCUT2D eigenvalue weighted by Crippen LogP contribution is 2.28. The molecule has 0 aliphatic heterocycles. The third-order valence-corrected chi connectivity index (χ3v) is 2.03. The number of phenols is 1. The third-order valence-electron chi connectivity index (χ3n) is 2.03. The predicted molar refractivity (Wildman–Crippen MR) is 51.7 cm³/mol. The number of carboxylic acids is 1. The SMILES string of the molecule is CC(N)(C(=O)O)c1ccc(N)cc1O. The molecule has 1 aromatic rings. The Morgan fingerprint density at radius 3 is 2.50 bits per heavy atom. The number of rotatable bonds is 2. The quantitative estimate of drug-likeness (QED) is 0.506. The zero-order chi connectivity index (χ0) is 10.9. The standard InChI is InChI=1S/C9H12N2O3/c1-9(11,8(13)14)6-3-2-5(10)4-7(6)12/h2-4,12H,10-11H2,1H3,(H,13,14). The molecule has 76 valence electrons. The first-order chi connectivity index (χ1) is 6.35. The number of hydrogen-bond donors (Lipinski definition) is 4. The molecule has 1 unspecified atom stereocenters. The molecule has 0 heterocycles. The van der Waals surface area contributed by atoms with Crippen LogP contribution in [0, 0.1) is 0 Å². The summed E-state index contributed by atoms with van der Waals surface area (Å²) in [5.41, 5.74) is 9.81. The lowest BCUT2D eigenvalue weighted by molar-refractivity contribution is -0.143. The van der Waals surface area contributed by atoms with Crippen LogP contribution in [-0.4, -0.2) is 16.2 Å². The number of nitrogen functional groups attached to an aromatic ring is 1. The van der Waals surface area contributed by atoms with E-state index in [1.165, 1.54) is 25.1 Å². The first-order valence-corrected chi connectivity index (χ1v) is 3.97. The van der Waals surface area contributed by atoms with Crippen LogP contribution in [-0.2, 0) is 10.3 Å². The molecular weight excluding hydrogens is 184 g/mol. The zero-order valence-electron chi connectivity index (χ0n) is 7.69. The van der Waals surface area contributed by atoms with Crippen LogP contribution in [0.5, 0.6) is 5.75 Å². The van der Waals surface area contributed by atoms with E-state index >= 15 is 0 Å². The molecule has 6 N–H and O–H groups in total. The van der Waals surface area contributed by atoms with E-state index in [9.17, 15) is 9.90 Å². The number of anilines is 1. The monoisotopic (exact) mass is 196 g/mol. The second-order valence-corrected chi connectivity index (χ2v) is 3.28. The van der Waals surface area contributed by atoms with Crippen LogP contribution >= 0.6 is 0 Å². The Bertz CT molecular complexity index is 374. The van der Waals surface area contributed by atoms with E-state index in [1.807, 2.05) is 0 Å². The van der Waals surface area contributed by atoms with Crippen LogP contribution in [0.4, 0.5) is 5.69 Å². The average Bonchev–Trinajstić information content (AvgIpc) is 2.02. The van der Waals surface area contributed by atoms with E-state index in [-0.39, 0.29) is 11.3 Å². The van der Waals surface area contributed by atoms with E-state index < -0.39 is 11.5 Å². The van der Waals surface area contributed by atoms with Crippen LogP contribution in [0.15, 0.2) is 18.2 Å². The van der Waals surface area contributed by atoms with Gasteiger partial charge in [0.2, 0.25) is 0 Å². The van der Waals surface area contributed by atoms with E-state index in [0.717, 1.165) is 0 Å². The average molecular weight is 196 g/mol. The van der Waals surface area contributed by atoms with Gasteiger partial charge in [-0.05, 0) is 13.0 Å². The summed E-state index contributed by atoms with van der Waals surface area (Å²) in [7, 11) is 0. The Labute approximate surface area is 81.0 Å². The smallest absolute Gasteiger partial charge is 0.328 e. The minimum atomic E-state index is -1.61. The van der Waals surface area contributed by atoms with E-state index in [0.29, 0.717) is 5.69 Å². The van der Waals surface area contributed by atoms with E-state index in [2.05, 4.69) is 0 Å². The number of aromatic hydroxyl groups is 1. The maximum absolute atomic E-state index is 10.8. The normalized spacial score (nSPS) is 14.7. The van der Waals surface area contributed by atoms with Crippen LogP contribution in [0.1, 0.15) is 12.5 Å². The summed E-state index contributed by atoms with van der Waals surface area (Å²) in [4.78, 5) is 10.8. The van der Waals surface area contributed by atoms with Crippen LogP contribution in [0.3, 0.4) is 0 Å². The Morgan fingerprint density at radius 2 is 2.07 bits per heavy atom. The molecule has 1 rings (SSSR count). The molecule has 0 bridgehead atoms. The number of benzene rings is 1. The van der Waals surface area contributed by atoms with Crippen molar-refractivity contribution in [2.24, 2.45) is 5.73 Å². The van der Waals surface area contributed by atoms with Crippen molar-refractivity contribution in [1.29, 1.82) is 0 Å². The van der Waals surface area contributed by atoms with Gasteiger partial charge in [-0.1, -0.05) is 6.07 Å². The van der Waals surface area contributed by atoms with Gasteiger partial charge in [0.15, 0.2) is 0 Å². The molecule has 1 atom stereocenters. The Hall–Kier alpha value is -1.75. The van der Waals surface area contributed by atoms with Gasteiger partial charge in [-0.3, -0.25) is 0 Å². The predicted octanol–water partition coefficient (Wildman–Crippen LogP) is 0.233. The summed E-state index contributed by atoms with van der Waals surface area (Å²) in [6.45, 7) is 1.31. The van der Waals surface area contributed by atoms with E-state index in [1.54, 1.807) is 0 Å². The molecule has 0 amide bonds. The minimum absolute atomic E-state index is 0.138. The fourth-order valence-corrected chi connectivity index (χ4v) is 1.10. The van der Waals surface area contributed by atoms with Gasteiger partial charge >= 0.3 is 5.97 Å². The number of nitrogens with two attached hydrogens (primary N) is 2. The number of carboxylic acid groups (broad SMARTS) is 1. The molecule has 0 saturated heterocycles. The molecule has 5 nitrogen and oxygen atoms in total. The second kappa shape index (κ2) is 3.19. The number of carbonyl (C=O) groups is 1. The number of phenolic OH excluding ortho intramolecular Hbond substituents is 1. The van der Waals surface area contributed by atoms with Crippen molar-refractivity contribution < 1.29 is 15.0 Å². The van der Waals surface area contributed by atoms with Crippen LogP contribution in [0.25, 0.3) is 0 Å². The number of aliphatic carboxylic acids is 1. The van der Waals surface area contributed by atoms with Crippen molar-refractivity contribution in [3.63, 3.8) is 0 Å². The van der Waals surface area contributed by atoms with Gasteiger partial charge in [0.05, 0.1) is 0 Å². The molecule has 0 aromatic heterocycles. The van der Waals surface area contributed by atoms with Crippen molar-refractivity contribution in [3.8, 4) is 5.75 Å². The minimum Gasteiger partial charge on any atom is -0.508 e. The van der Waals surface area contributed by atoms with Crippen molar-refractivity contribution in [1.82, 2.24) is 0 Å². The lowest BCUT2D eigenvalue weighted by Crippen LogP contribution is -2.41. The molecule has 0 fully saturated rings. The lowest BCUT2D eigenvalue weighted by atomic mass is 9.92. The molecule has 5 heteroatoms. The molecule has 0 aliphatic rings. The second-order valence-electron chi connectivity index (χ2n) is 3.28. The maximum Gasteiger partial charge on any atom is 0.328 e. The highest BCUT2D eigenvalue weighted by molar-refractivity contribution is 5.81. The molecule has 14 heavy (non-hydrogen) atoms. The lowest BCUT2D eigenvalue weighted by Gasteiger charge is -2.20. The summed E-state index contributed by atoms with van der Waals surface area (Å²) >= 11 is 0. The maximum atomic E-state index is 10.8. The summed E-state index contributed by atoms with van der Waals surface area (Å²) in [6.07, 6.45) is 0. The van der Waals surface area contributed by atoms with Gasteiger partial charge in [-0.25, -0.2) is 4.79 Å². The summed E-state index contributed by atoms with van der Waals surface area (Å²) in [5, 5.41) is 18.3. The van der Waals surface area contributed by atoms with Gasteiger partial charge in [-0.15, -0.1) is 0 Å². The highest BCUT2D eigenvalue weighted by atomic mass is 16.4. The van der Waals surface area contributed by atoms with Gasteiger partial charge < -0.3 is 21.7 Å². The van der Waals surface area contributed by atoms with Gasteiger partial charge in [0.25, 0.3) is 0 Å². The van der Waals surface area contributed by atoms with Crippen molar-refractivity contribution in [3.05, 3.63) is 23.8 Å². The topological polar surface area (TPSA) is 110 Å². The van der Waals surface area contributed by atoms with Gasteiger partial charge in [-0.2, -0.15) is 0 Å². The first kappa shape index (κ1) is 10.3.